The van der Waals surface area contributed by atoms with Gasteiger partial charge in [0.1, 0.15) is 0 Å². The van der Waals surface area contributed by atoms with Gasteiger partial charge in [-0.3, -0.25) is 9.48 Å². The van der Waals surface area contributed by atoms with Gasteiger partial charge < -0.3 is 5.32 Å². The van der Waals surface area contributed by atoms with Crippen LogP contribution in [-0.4, -0.2) is 15.7 Å². The van der Waals surface area contributed by atoms with E-state index in [2.05, 4.69) is 10.4 Å². The molecule has 106 valence electrons. The Kier molecular flexibility index (Phi) is 3.83. The molecule has 5 heteroatoms. The second kappa shape index (κ2) is 5.93. The van der Waals surface area contributed by atoms with Crippen LogP contribution in [0.5, 0.6) is 0 Å². The van der Waals surface area contributed by atoms with Crippen molar-refractivity contribution in [2.24, 2.45) is 7.05 Å². The van der Waals surface area contributed by atoms with Crippen LogP contribution in [0.15, 0.2) is 54.0 Å². The third kappa shape index (κ3) is 3.03. The largest absolute Gasteiger partial charge is 0.323 e. The number of carbonyl (C=O) groups excluding carboxylic acids is 1. The summed E-state index contributed by atoms with van der Waals surface area (Å²) >= 11 is 1.59. The third-order valence-corrected chi connectivity index (χ3v) is 4.05. The lowest BCUT2D eigenvalue weighted by atomic mass is 10.1. The van der Waals surface area contributed by atoms with Gasteiger partial charge in [0.15, 0.2) is 0 Å². The highest BCUT2D eigenvalue weighted by molar-refractivity contribution is 7.10. The molecule has 3 rings (SSSR count). The molecule has 0 aliphatic carbocycles. The third-order valence-electron chi connectivity index (χ3n) is 3.17. The van der Waals surface area contributed by atoms with Gasteiger partial charge in [-0.2, -0.15) is 5.10 Å². The van der Waals surface area contributed by atoms with Crippen molar-refractivity contribution in [2.75, 3.05) is 5.32 Å². The molecule has 4 nitrogen and oxygen atoms in total. The first-order valence-corrected chi connectivity index (χ1v) is 7.51. The Labute approximate surface area is 127 Å². The van der Waals surface area contributed by atoms with Crippen molar-refractivity contribution >= 4 is 22.9 Å². The van der Waals surface area contributed by atoms with Crippen molar-refractivity contribution in [3.8, 4) is 11.3 Å². The van der Waals surface area contributed by atoms with E-state index >= 15 is 0 Å². The molecule has 2 aromatic heterocycles. The van der Waals surface area contributed by atoms with Gasteiger partial charge in [0.25, 0.3) is 0 Å². The molecule has 1 aromatic carbocycles. The number of nitrogens with zero attached hydrogens (tertiary/aromatic N) is 2. The normalized spacial score (nSPS) is 10.5. The summed E-state index contributed by atoms with van der Waals surface area (Å²) in [6, 6.07) is 13.8. The molecule has 3 aromatic rings. The number of rotatable bonds is 4. The number of hydrogen-bond donors (Lipinski definition) is 1. The molecule has 1 amide bonds. The Morgan fingerprint density at radius 3 is 2.76 bits per heavy atom. The number of aryl methyl sites for hydroxylation is 1. The minimum Gasteiger partial charge on any atom is -0.323 e. The monoisotopic (exact) mass is 297 g/mol. The second-order valence-corrected chi connectivity index (χ2v) is 5.73. The standard InChI is InChI=1S/C16H15N3OS/c1-19-16(12-6-3-2-4-7-12)14(11-17-19)18-15(20)10-13-8-5-9-21-13/h2-9,11H,10H2,1H3,(H,18,20). The van der Waals surface area contributed by atoms with Gasteiger partial charge in [-0.05, 0) is 11.4 Å². The van der Waals surface area contributed by atoms with Gasteiger partial charge in [-0.1, -0.05) is 36.4 Å². The van der Waals surface area contributed by atoms with Gasteiger partial charge in [0.05, 0.1) is 24.0 Å². The van der Waals surface area contributed by atoms with Crippen LogP contribution in [0, 0.1) is 0 Å². The number of hydrogen-bond acceptors (Lipinski definition) is 3. The topological polar surface area (TPSA) is 46.9 Å². The second-order valence-electron chi connectivity index (χ2n) is 4.70. The molecule has 0 radical (unpaired) electrons. The molecule has 0 saturated heterocycles. The Bertz CT molecular complexity index is 732. The lowest BCUT2D eigenvalue weighted by molar-refractivity contribution is -0.115. The average Bonchev–Trinajstić information content (AvgIpc) is 3.10. The van der Waals surface area contributed by atoms with E-state index in [1.54, 1.807) is 22.2 Å². The fraction of sp³-hybridized carbons (Fsp3) is 0.125. The molecule has 0 aliphatic heterocycles. The molecule has 0 bridgehead atoms. The maximum atomic E-state index is 12.1. The van der Waals surface area contributed by atoms with Gasteiger partial charge in [-0.25, -0.2) is 0 Å². The van der Waals surface area contributed by atoms with Crippen molar-refractivity contribution in [3.63, 3.8) is 0 Å². The smallest absolute Gasteiger partial charge is 0.229 e. The summed E-state index contributed by atoms with van der Waals surface area (Å²) in [6.07, 6.45) is 2.08. The zero-order valence-electron chi connectivity index (χ0n) is 11.6. The summed E-state index contributed by atoms with van der Waals surface area (Å²) in [5.74, 6) is -0.0253. The van der Waals surface area contributed by atoms with Gasteiger partial charge in [0.2, 0.25) is 5.91 Å². The Hall–Kier alpha value is -2.40. The van der Waals surface area contributed by atoms with Gasteiger partial charge in [0, 0.05) is 17.5 Å². The number of amides is 1. The van der Waals surface area contributed by atoms with Crippen LogP contribution in [0.25, 0.3) is 11.3 Å². The molecule has 1 N–H and O–H groups in total. The van der Waals surface area contributed by atoms with Crippen LogP contribution in [0.3, 0.4) is 0 Å². The van der Waals surface area contributed by atoms with E-state index in [1.165, 1.54) is 0 Å². The van der Waals surface area contributed by atoms with Gasteiger partial charge in [-0.15, -0.1) is 11.3 Å². The molecular weight excluding hydrogens is 282 g/mol. The van der Waals surface area contributed by atoms with Crippen molar-refractivity contribution in [1.29, 1.82) is 0 Å². The van der Waals surface area contributed by atoms with Crippen LogP contribution in [-0.2, 0) is 18.3 Å². The van der Waals surface area contributed by atoms with Crippen LogP contribution in [0.4, 0.5) is 5.69 Å². The van der Waals surface area contributed by atoms with E-state index < -0.39 is 0 Å². The highest BCUT2D eigenvalue weighted by atomic mass is 32.1. The summed E-state index contributed by atoms with van der Waals surface area (Å²) in [5, 5.41) is 9.17. The first-order chi connectivity index (χ1) is 10.2. The van der Waals surface area contributed by atoms with E-state index in [4.69, 9.17) is 0 Å². The first-order valence-electron chi connectivity index (χ1n) is 6.63. The first kappa shape index (κ1) is 13.6. The molecule has 0 spiro atoms. The van der Waals surface area contributed by atoms with E-state index in [-0.39, 0.29) is 5.91 Å². The van der Waals surface area contributed by atoms with Crippen LogP contribution in [0.2, 0.25) is 0 Å². The average molecular weight is 297 g/mol. The van der Waals surface area contributed by atoms with E-state index in [0.29, 0.717) is 6.42 Å². The molecule has 0 aliphatic rings. The van der Waals surface area contributed by atoms with Crippen molar-refractivity contribution in [3.05, 3.63) is 58.9 Å². The lowest BCUT2D eigenvalue weighted by Gasteiger charge is -2.07. The number of aromatic nitrogens is 2. The SMILES string of the molecule is Cn1ncc(NC(=O)Cc2cccs2)c1-c1ccccc1. The summed E-state index contributed by atoms with van der Waals surface area (Å²) in [4.78, 5) is 13.2. The summed E-state index contributed by atoms with van der Waals surface area (Å²) < 4.78 is 1.77. The molecule has 0 fully saturated rings. The van der Waals surface area contributed by atoms with Crippen molar-refractivity contribution < 1.29 is 4.79 Å². The highest BCUT2D eigenvalue weighted by Gasteiger charge is 2.13. The maximum Gasteiger partial charge on any atom is 0.229 e. The Morgan fingerprint density at radius 2 is 2.05 bits per heavy atom. The van der Waals surface area contributed by atoms with Crippen LogP contribution >= 0.6 is 11.3 Å². The van der Waals surface area contributed by atoms with E-state index in [9.17, 15) is 4.79 Å². The predicted octanol–water partition coefficient (Wildman–Crippen LogP) is 3.33. The molecule has 2 heterocycles. The minimum atomic E-state index is -0.0253. The molecular formula is C16H15N3OS. The lowest BCUT2D eigenvalue weighted by Crippen LogP contribution is -2.14. The number of carbonyl (C=O) groups is 1. The number of nitrogens with one attached hydrogen (secondary N) is 1. The summed E-state index contributed by atoms with van der Waals surface area (Å²) in [5.41, 5.74) is 2.68. The number of anilines is 1. The zero-order chi connectivity index (χ0) is 14.7. The molecule has 0 saturated carbocycles. The number of benzene rings is 1. The van der Waals surface area contributed by atoms with Crippen LogP contribution in [0.1, 0.15) is 4.88 Å². The van der Waals surface area contributed by atoms with E-state index in [1.807, 2.05) is 54.9 Å². The van der Waals surface area contributed by atoms with E-state index in [0.717, 1.165) is 21.8 Å². The summed E-state index contributed by atoms with van der Waals surface area (Å²) in [7, 11) is 1.87. The van der Waals surface area contributed by atoms with Crippen molar-refractivity contribution in [2.45, 2.75) is 6.42 Å². The van der Waals surface area contributed by atoms with Crippen LogP contribution < -0.4 is 5.32 Å². The molecule has 21 heavy (non-hydrogen) atoms. The van der Waals surface area contributed by atoms with Crippen molar-refractivity contribution in [1.82, 2.24) is 9.78 Å². The molecule has 0 atom stereocenters. The summed E-state index contributed by atoms with van der Waals surface area (Å²) in [6.45, 7) is 0. The Morgan fingerprint density at radius 1 is 1.24 bits per heavy atom. The van der Waals surface area contributed by atoms with Gasteiger partial charge >= 0.3 is 0 Å². The predicted molar refractivity (Wildman–Crippen MR) is 85.3 cm³/mol. The Balaban J connectivity index is 1.82. The number of thiophene rings is 1. The fourth-order valence-corrected chi connectivity index (χ4v) is 2.94. The fourth-order valence-electron chi connectivity index (χ4n) is 2.23. The quantitative estimate of drug-likeness (QED) is 0.803. The zero-order valence-corrected chi connectivity index (χ0v) is 12.4. The maximum absolute atomic E-state index is 12.1. The molecule has 0 unspecified atom stereocenters. The highest BCUT2D eigenvalue weighted by Crippen LogP contribution is 2.27. The minimum absolute atomic E-state index is 0.0253.